The van der Waals surface area contributed by atoms with Gasteiger partial charge in [-0.25, -0.2) is 4.98 Å². The molecule has 0 N–H and O–H groups in total. The number of imidazole rings is 1. The average Bonchev–Trinajstić information content (AvgIpc) is 3.94. The van der Waals surface area contributed by atoms with Crippen LogP contribution in [-0.4, -0.2) is 14.1 Å². The van der Waals surface area contributed by atoms with E-state index in [0.29, 0.717) is 11.5 Å². The first-order valence-electron chi connectivity index (χ1n) is 23.5. The van der Waals surface area contributed by atoms with Gasteiger partial charge >= 0.3 is 0 Å². The van der Waals surface area contributed by atoms with E-state index in [1.54, 1.807) is 0 Å². The molecule has 0 bridgehead atoms. The molecule has 338 valence electrons. The summed E-state index contributed by atoms with van der Waals surface area (Å²) in [5.74, 6) is 1.99. The number of hydrogen-bond acceptors (Lipinski definition) is 2. The summed E-state index contributed by atoms with van der Waals surface area (Å²) in [6.45, 7) is 6.68. The molecule has 3 aromatic heterocycles. The molecule has 0 spiro atoms. The normalized spacial score (nSPS) is 11.8. The first kappa shape index (κ1) is 43.2. The fraction of sp³-hybridized carbons (Fsp3) is 0.0625. The van der Waals surface area contributed by atoms with Crippen molar-refractivity contribution in [1.29, 1.82) is 0 Å². The summed E-state index contributed by atoms with van der Waals surface area (Å²) in [6.07, 6.45) is 5.79. The van der Waals surface area contributed by atoms with Crippen LogP contribution in [0, 0.1) is 18.5 Å². The largest absolute Gasteiger partial charge is 0.510 e. The molecule has 70 heavy (non-hydrogen) atoms. The molecule has 12 aromatic rings. The predicted molar refractivity (Wildman–Crippen MR) is 279 cm³/mol. The Morgan fingerprint density at radius 2 is 1.10 bits per heavy atom. The van der Waals surface area contributed by atoms with Crippen LogP contribution in [0.4, 0.5) is 0 Å². The number of para-hydroxylation sites is 3. The van der Waals surface area contributed by atoms with Crippen LogP contribution in [0.15, 0.2) is 212 Å². The number of benzene rings is 9. The molecule has 0 aliphatic heterocycles. The van der Waals surface area contributed by atoms with Crippen molar-refractivity contribution in [2.45, 2.75) is 26.2 Å². The van der Waals surface area contributed by atoms with E-state index in [-0.39, 0.29) is 26.5 Å². The Hall–Kier alpha value is -8.11. The molecular weight excluding hydrogens is 1040 g/mol. The van der Waals surface area contributed by atoms with Crippen LogP contribution in [0.3, 0.4) is 0 Å². The topological polar surface area (TPSA) is 35.9 Å². The Morgan fingerprint density at radius 1 is 0.500 bits per heavy atom. The molecule has 3 heterocycles. The Morgan fingerprint density at radius 3 is 1.83 bits per heavy atom. The van der Waals surface area contributed by atoms with Gasteiger partial charge in [0.15, 0.2) is 0 Å². The van der Waals surface area contributed by atoms with Gasteiger partial charge in [-0.2, -0.15) is 18.2 Å². The maximum atomic E-state index is 6.72. The monoisotopic (exact) mass is 1080 g/mol. The van der Waals surface area contributed by atoms with Gasteiger partial charge in [0.05, 0.1) is 16.7 Å². The van der Waals surface area contributed by atoms with Gasteiger partial charge in [0.2, 0.25) is 0 Å². The number of pyridine rings is 1. The molecule has 0 radical (unpaired) electrons. The summed E-state index contributed by atoms with van der Waals surface area (Å²) in [6, 6.07) is 80.5. The van der Waals surface area contributed by atoms with Crippen LogP contribution in [0.5, 0.6) is 11.5 Å². The number of aromatic nitrogens is 4. The zero-order valence-corrected chi connectivity index (χ0v) is 41.0. The molecule has 0 saturated carbocycles. The SMILES string of the molecule is CC(C)(C)c1ccnc(-n2c3[c-]c(Oc4[c-]c(-n5[c-][n+](-c6c(-c7ccccc7)ccc7c6-c6ccccc6-c6ccccc6-c6ccccc6-7)c6ccccc65)ccc4)ccc3c3ccccc32)c1.[Pt]. The van der Waals surface area contributed by atoms with Crippen molar-refractivity contribution in [3.05, 3.63) is 236 Å². The van der Waals surface area contributed by atoms with Gasteiger partial charge in [-0.1, -0.05) is 184 Å². The van der Waals surface area contributed by atoms with E-state index in [9.17, 15) is 0 Å². The van der Waals surface area contributed by atoms with Crippen molar-refractivity contribution in [2.75, 3.05) is 0 Å². The third-order valence-electron chi connectivity index (χ3n) is 13.6. The standard InChI is InChI=1S/C64H44N4O.Pt/c1-64(2,3)43-36-37-65-61(38-43)68-57-29-14-13-27-53(57)54-33-32-46(40-60(54)68)69-45-21-17-20-44(39-45)66-41-67(59-31-16-15-30-58(59)66)63-47(42-18-5-4-6-19-42)34-35-56-52-26-10-9-24-50(52)48-22-7-8-23-49(48)51-25-11-12-28-55(51)62(56)63;/h4-38H,1-3H3;/q-2;. The number of hydrogen-bond donors (Lipinski definition) is 0. The first-order valence-corrected chi connectivity index (χ1v) is 23.5. The maximum absolute atomic E-state index is 6.72. The van der Waals surface area contributed by atoms with Gasteiger partial charge < -0.3 is 13.9 Å². The Bertz CT molecular complexity index is 3980. The van der Waals surface area contributed by atoms with E-state index in [0.717, 1.165) is 77.8 Å². The molecule has 0 amide bonds. The predicted octanol–water partition coefficient (Wildman–Crippen LogP) is 15.5. The summed E-state index contributed by atoms with van der Waals surface area (Å²) in [5, 5.41) is 2.21. The zero-order chi connectivity index (χ0) is 46.2. The summed E-state index contributed by atoms with van der Waals surface area (Å²) in [5.41, 5.74) is 18.6. The van der Waals surface area contributed by atoms with E-state index in [2.05, 4.69) is 241 Å². The van der Waals surface area contributed by atoms with Crippen LogP contribution < -0.4 is 9.30 Å². The molecule has 6 heteroatoms. The van der Waals surface area contributed by atoms with Crippen LogP contribution in [0.2, 0.25) is 0 Å². The number of fused-ring (bicyclic) bond motifs is 12. The second-order valence-electron chi connectivity index (χ2n) is 18.7. The van der Waals surface area contributed by atoms with Crippen molar-refractivity contribution in [1.82, 2.24) is 14.1 Å². The molecule has 0 unspecified atom stereocenters. The molecule has 0 saturated heterocycles. The van der Waals surface area contributed by atoms with Gasteiger partial charge in [-0.3, -0.25) is 4.57 Å². The van der Waals surface area contributed by atoms with Gasteiger partial charge in [-0.15, -0.1) is 29.7 Å². The number of nitrogens with zero attached hydrogens (tertiary/aromatic N) is 4. The third kappa shape index (κ3) is 7.11. The summed E-state index contributed by atoms with van der Waals surface area (Å²) >= 11 is 0. The Balaban J connectivity index is 0.00000505. The molecule has 9 aromatic carbocycles. The van der Waals surface area contributed by atoms with Gasteiger partial charge in [0, 0.05) is 49.8 Å². The number of ether oxygens (including phenoxy) is 1. The molecule has 0 atom stereocenters. The fourth-order valence-electron chi connectivity index (χ4n) is 10.3. The molecule has 5 nitrogen and oxygen atoms in total. The molecular formula is C64H44N4OPt-2. The minimum Gasteiger partial charge on any atom is -0.510 e. The Kier molecular flexibility index (Phi) is 10.6. The average molecular weight is 1080 g/mol. The van der Waals surface area contributed by atoms with E-state index in [1.807, 2.05) is 24.4 Å². The Labute approximate surface area is 421 Å². The summed E-state index contributed by atoms with van der Waals surface area (Å²) in [4.78, 5) is 4.88. The minimum atomic E-state index is -0.0366. The van der Waals surface area contributed by atoms with Gasteiger partial charge in [0.1, 0.15) is 5.82 Å². The van der Waals surface area contributed by atoms with Crippen LogP contribution in [-0.2, 0) is 26.5 Å². The van der Waals surface area contributed by atoms with Crippen molar-refractivity contribution < 1.29 is 30.4 Å². The summed E-state index contributed by atoms with van der Waals surface area (Å²) < 4.78 is 13.3. The van der Waals surface area contributed by atoms with Crippen LogP contribution >= 0.6 is 0 Å². The zero-order valence-electron chi connectivity index (χ0n) is 38.7. The summed E-state index contributed by atoms with van der Waals surface area (Å²) in [7, 11) is 0. The molecule has 1 aliphatic rings. The van der Waals surface area contributed by atoms with E-state index < -0.39 is 0 Å². The molecule has 13 rings (SSSR count). The van der Waals surface area contributed by atoms with Crippen LogP contribution in [0.1, 0.15) is 26.3 Å². The second kappa shape index (κ2) is 17.1. The van der Waals surface area contributed by atoms with Crippen LogP contribution in [0.25, 0.3) is 106 Å². The fourth-order valence-corrected chi connectivity index (χ4v) is 10.3. The smallest absolute Gasteiger partial charge is 0.268 e. The molecule has 1 aliphatic carbocycles. The van der Waals surface area contributed by atoms with E-state index in [4.69, 9.17) is 9.72 Å². The van der Waals surface area contributed by atoms with Crippen molar-refractivity contribution in [2.24, 2.45) is 0 Å². The minimum absolute atomic E-state index is 0. The maximum Gasteiger partial charge on any atom is 0.268 e. The number of rotatable bonds is 6. The van der Waals surface area contributed by atoms with Crippen molar-refractivity contribution in [3.8, 4) is 84.3 Å². The second-order valence-corrected chi connectivity index (χ2v) is 18.7. The molecule has 0 fully saturated rings. The quantitative estimate of drug-likeness (QED) is 0.123. The van der Waals surface area contributed by atoms with E-state index >= 15 is 0 Å². The van der Waals surface area contributed by atoms with Gasteiger partial charge in [0.25, 0.3) is 6.33 Å². The first-order chi connectivity index (χ1) is 33.9. The van der Waals surface area contributed by atoms with E-state index in [1.165, 1.54) is 33.4 Å². The van der Waals surface area contributed by atoms with Crippen molar-refractivity contribution in [3.63, 3.8) is 0 Å². The third-order valence-corrected chi connectivity index (χ3v) is 13.6. The van der Waals surface area contributed by atoms with Crippen molar-refractivity contribution >= 4 is 32.8 Å². The van der Waals surface area contributed by atoms with Gasteiger partial charge in [-0.05, 0) is 90.3 Å².